The van der Waals surface area contributed by atoms with E-state index in [0.717, 1.165) is 24.8 Å². The van der Waals surface area contributed by atoms with Crippen molar-refractivity contribution in [1.29, 1.82) is 0 Å². The number of aromatic nitrogens is 2. The van der Waals surface area contributed by atoms with E-state index in [1.807, 2.05) is 6.20 Å². The number of carbonyl (C=O) groups is 1. The number of sulfone groups is 1. The van der Waals surface area contributed by atoms with Gasteiger partial charge in [-0.15, -0.1) is 0 Å². The van der Waals surface area contributed by atoms with Gasteiger partial charge in [0.15, 0.2) is 9.84 Å². The number of piperidine rings is 1. The van der Waals surface area contributed by atoms with Gasteiger partial charge < -0.3 is 10.2 Å². The standard InChI is InChI=1S/C13H20N4O3S/c18-13(16-11-4-6-21(19,20)9-11)17-5-2-1-3-12(17)10-7-14-15-8-10/h7-8,11-12H,1-6,9H2,(H,14,15)(H,16,18). The molecule has 2 fully saturated rings. The maximum absolute atomic E-state index is 12.5. The van der Waals surface area contributed by atoms with Crippen molar-refractivity contribution in [3.63, 3.8) is 0 Å². The van der Waals surface area contributed by atoms with Crippen molar-refractivity contribution in [1.82, 2.24) is 20.4 Å². The van der Waals surface area contributed by atoms with Crippen molar-refractivity contribution >= 4 is 15.9 Å². The van der Waals surface area contributed by atoms with Crippen LogP contribution in [-0.2, 0) is 9.84 Å². The maximum Gasteiger partial charge on any atom is 0.318 e. The van der Waals surface area contributed by atoms with E-state index in [4.69, 9.17) is 0 Å². The molecule has 0 saturated carbocycles. The molecule has 7 nitrogen and oxygen atoms in total. The quantitative estimate of drug-likeness (QED) is 0.845. The Morgan fingerprint density at radius 3 is 2.90 bits per heavy atom. The van der Waals surface area contributed by atoms with Crippen molar-refractivity contribution < 1.29 is 13.2 Å². The molecule has 2 atom stereocenters. The molecular weight excluding hydrogens is 292 g/mol. The minimum atomic E-state index is -2.98. The summed E-state index contributed by atoms with van der Waals surface area (Å²) < 4.78 is 22.9. The van der Waals surface area contributed by atoms with Crippen LogP contribution in [0, 0.1) is 0 Å². The van der Waals surface area contributed by atoms with Gasteiger partial charge in [0.05, 0.1) is 23.7 Å². The number of rotatable bonds is 2. The molecule has 2 aliphatic rings. The van der Waals surface area contributed by atoms with Crippen LogP contribution in [0.2, 0.25) is 0 Å². The number of hydrogen-bond donors (Lipinski definition) is 2. The molecule has 116 valence electrons. The zero-order chi connectivity index (χ0) is 14.9. The molecular formula is C13H20N4O3S. The summed E-state index contributed by atoms with van der Waals surface area (Å²) in [7, 11) is -2.98. The second-order valence-corrected chi connectivity index (χ2v) is 8.01. The minimum Gasteiger partial charge on any atom is -0.334 e. The Labute approximate surface area is 124 Å². The molecule has 3 rings (SSSR count). The van der Waals surface area contributed by atoms with E-state index >= 15 is 0 Å². The van der Waals surface area contributed by atoms with Crippen molar-refractivity contribution in [3.8, 4) is 0 Å². The maximum atomic E-state index is 12.5. The summed E-state index contributed by atoms with van der Waals surface area (Å²) in [6, 6.07) is -0.395. The predicted molar refractivity (Wildman–Crippen MR) is 77.5 cm³/mol. The van der Waals surface area contributed by atoms with E-state index < -0.39 is 9.84 Å². The fourth-order valence-electron chi connectivity index (χ4n) is 3.13. The molecule has 0 bridgehead atoms. The summed E-state index contributed by atoms with van der Waals surface area (Å²) in [6.07, 6.45) is 7.04. The van der Waals surface area contributed by atoms with Gasteiger partial charge in [-0.05, 0) is 25.7 Å². The van der Waals surface area contributed by atoms with Crippen molar-refractivity contribution in [2.45, 2.75) is 37.8 Å². The highest BCUT2D eigenvalue weighted by Gasteiger charge is 2.33. The van der Waals surface area contributed by atoms with Crippen LogP contribution in [0.1, 0.15) is 37.3 Å². The van der Waals surface area contributed by atoms with Crippen LogP contribution in [0.5, 0.6) is 0 Å². The first-order chi connectivity index (χ1) is 10.1. The topological polar surface area (TPSA) is 95.2 Å². The molecule has 3 heterocycles. The highest BCUT2D eigenvalue weighted by molar-refractivity contribution is 7.91. The number of aromatic amines is 1. The average molecular weight is 312 g/mol. The van der Waals surface area contributed by atoms with Gasteiger partial charge in [0, 0.05) is 24.3 Å². The van der Waals surface area contributed by atoms with E-state index in [0.29, 0.717) is 13.0 Å². The summed E-state index contributed by atoms with van der Waals surface area (Å²) in [5, 5.41) is 9.61. The van der Waals surface area contributed by atoms with Gasteiger partial charge in [-0.1, -0.05) is 0 Å². The largest absolute Gasteiger partial charge is 0.334 e. The summed E-state index contributed by atoms with van der Waals surface area (Å²) in [5.41, 5.74) is 1.00. The molecule has 0 aromatic carbocycles. The molecule has 21 heavy (non-hydrogen) atoms. The number of likely N-dealkylation sites (tertiary alicyclic amines) is 1. The summed E-state index contributed by atoms with van der Waals surface area (Å²) in [4.78, 5) is 14.3. The second-order valence-electron chi connectivity index (χ2n) is 5.79. The highest BCUT2D eigenvalue weighted by atomic mass is 32.2. The first kappa shape index (κ1) is 14.4. The molecule has 1 aromatic rings. The third kappa shape index (κ3) is 3.20. The first-order valence-electron chi connectivity index (χ1n) is 7.31. The molecule has 8 heteroatoms. The smallest absolute Gasteiger partial charge is 0.318 e. The lowest BCUT2D eigenvalue weighted by molar-refractivity contribution is 0.149. The Morgan fingerprint density at radius 1 is 1.38 bits per heavy atom. The van der Waals surface area contributed by atoms with Crippen LogP contribution in [0.25, 0.3) is 0 Å². The van der Waals surface area contributed by atoms with E-state index in [9.17, 15) is 13.2 Å². The van der Waals surface area contributed by atoms with Crippen LogP contribution >= 0.6 is 0 Å². The van der Waals surface area contributed by atoms with E-state index in [2.05, 4.69) is 15.5 Å². The minimum absolute atomic E-state index is 0.0236. The third-order valence-corrected chi connectivity index (χ3v) is 6.00. The van der Waals surface area contributed by atoms with Gasteiger partial charge >= 0.3 is 6.03 Å². The Morgan fingerprint density at radius 2 is 2.24 bits per heavy atom. The Kier molecular flexibility index (Phi) is 3.88. The lowest BCUT2D eigenvalue weighted by Gasteiger charge is -2.35. The third-order valence-electron chi connectivity index (χ3n) is 4.23. The monoisotopic (exact) mass is 312 g/mol. The van der Waals surface area contributed by atoms with Gasteiger partial charge in [0.1, 0.15) is 0 Å². The van der Waals surface area contributed by atoms with Gasteiger partial charge in [-0.3, -0.25) is 5.10 Å². The van der Waals surface area contributed by atoms with Crippen LogP contribution in [0.4, 0.5) is 4.79 Å². The van der Waals surface area contributed by atoms with Crippen molar-refractivity contribution in [2.24, 2.45) is 0 Å². The molecule has 2 unspecified atom stereocenters. The summed E-state index contributed by atoms with van der Waals surface area (Å²) in [5.74, 6) is 0.228. The van der Waals surface area contributed by atoms with Gasteiger partial charge in [0.25, 0.3) is 0 Å². The number of nitrogens with one attached hydrogen (secondary N) is 2. The molecule has 2 amide bonds. The lowest BCUT2D eigenvalue weighted by Crippen LogP contribution is -2.48. The van der Waals surface area contributed by atoms with E-state index in [-0.39, 0.29) is 29.6 Å². The van der Waals surface area contributed by atoms with E-state index in [1.165, 1.54) is 0 Å². The van der Waals surface area contributed by atoms with Crippen LogP contribution in [-0.4, -0.2) is 53.6 Å². The van der Waals surface area contributed by atoms with Gasteiger partial charge in [-0.25, -0.2) is 13.2 Å². The summed E-state index contributed by atoms with van der Waals surface area (Å²) >= 11 is 0. The zero-order valence-electron chi connectivity index (χ0n) is 11.8. The molecule has 0 aliphatic carbocycles. The lowest BCUT2D eigenvalue weighted by atomic mass is 9.98. The predicted octanol–water partition coefficient (Wildman–Crippen LogP) is 0.833. The summed E-state index contributed by atoms with van der Waals surface area (Å²) in [6.45, 7) is 0.696. The molecule has 2 N–H and O–H groups in total. The molecule has 0 spiro atoms. The number of carbonyl (C=O) groups excluding carboxylic acids is 1. The van der Waals surface area contributed by atoms with Crippen molar-refractivity contribution in [2.75, 3.05) is 18.1 Å². The number of hydrogen-bond acceptors (Lipinski definition) is 4. The van der Waals surface area contributed by atoms with Gasteiger partial charge in [-0.2, -0.15) is 5.10 Å². The van der Waals surface area contributed by atoms with Crippen LogP contribution < -0.4 is 5.32 Å². The number of H-pyrrole nitrogens is 1. The zero-order valence-corrected chi connectivity index (χ0v) is 12.6. The van der Waals surface area contributed by atoms with Crippen molar-refractivity contribution in [3.05, 3.63) is 18.0 Å². The number of urea groups is 1. The Hall–Kier alpha value is -1.57. The molecule has 2 saturated heterocycles. The molecule has 0 radical (unpaired) electrons. The van der Waals surface area contributed by atoms with Gasteiger partial charge in [0.2, 0.25) is 0 Å². The second kappa shape index (κ2) is 5.67. The molecule has 2 aliphatic heterocycles. The van der Waals surface area contributed by atoms with E-state index in [1.54, 1.807) is 11.1 Å². The molecule has 1 aromatic heterocycles. The average Bonchev–Trinajstić information content (AvgIpc) is 3.08. The Balaban J connectivity index is 1.67. The number of nitrogens with zero attached hydrogens (tertiary/aromatic N) is 2. The van der Waals surface area contributed by atoms with Crippen LogP contribution in [0.3, 0.4) is 0 Å². The number of amides is 2. The first-order valence-corrected chi connectivity index (χ1v) is 9.13. The SMILES string of the molecule is O=C(NC1CCS(=O)(=O)C1)N1CCCCC1c1cn[nH]c1. The highest BCUT2D eigenvalue weighted by Crippen LogP contribution is 2.30. The fourth-order valence-corrected chi connectivity index (χ4v) is 4.80. The Bertz CT molecular complexity index is 599. The van der Waals surface area contributed by atoms with Crippen LogP contribution in [0.15, 0.2) is 12.4 Å². The fraction of sp³-hybridized carbons (Fsp3) is 0.692. The normalized spacial score (nSPS) is 28.5.